The normalized spacial score (nSPS) is 18.9. The third-order valence-corrected chi connectivity index (χ3v) is 6.71. The van der Waals surface area contributed by atoms with Crippen molar-refractivity contribution in [3.05, 3.63) is 46.5 Å². The summed E-state index contributed by atoms with van der Waals surface area (Å²) in [5, 5.41) is 12.6. The summed E-state index contributed by atoms with van der Waals surface area (Å²) in [7, 11) is 0. The number of hydrogen-bond acceptors (Lipinski definition) is 5. The number of pyridine rings is 1. The molecule has 0 radical (unpaired) electrons. The van der Waals surface area contributed by atoms with E-state index in [2.05, 4.69) is 20.3 Å². The summed E-state index contributed by atoms with van der Waals surface area (Å²) >= 11 is 6.29. The molecule has 176 valence electrons. The van der Waals surface area contributed by atoms with Crippen molar-refractivity contribution in [2.45, 2.75) is 52.2 Å². The number of ether oxygens (including phenoxy) is 1. The highest BCUT2D eigenvalue weighted by Gasteiger charge is 2.39. The zero-order valence-corrected chi connectivity index (χ0v) is 19.0. The first kappa shape index (κ1) is 23.2. The topological polar surface area (TPSA) is 100 Å². The number of fused-ring (bicyclic) bond motifs is 1. The molecule has 0 amide bonds. The molecule has 0 bridgehead atoms. The Morgan fingerprint density at radius 2 is 1.91 bits per heavy atom. The Balaban J connectivity index is 1.42. The van der Waals surface area contributed by atoms with Crippen molar-refractivity contribution in [3.8, 4) is 6.01 Å². The number of carbonyl (C=O) groups is 1. The number of halogens is 3. The minimum absolute atomic E-state index is 0.0801. The van der Waals surface area contributed by atoms with Crippen molar-refractivity contribution < 1.29 is 23.4 Å². The van der Waals surface area contributed by atoms with E-state index in [1.165, 1.54) is 18.2 Å². The molecule has 4 rings (SSSR count). The number of aliphatic carboxylic acids is 1. The number of nitrogens with zero attached hydrogens (tertiary/aromatic N) is 2. The van der Waals surface area contributed by atoms with Gasteiger partial charge in [0, 0.05) is 12.1 Å². The molecule has 1 saturated carbocycles. The molecule has 1 fully saturated rings. The largest absolute Gasteiger partial charge is 0.481 e. The second-order valence-corrected chi connectivity index (χ2v) is 9.31. The van der Waals surface area contributed by atoms with Crippen molar-refractivity contribution in [2.24, 2.45) is 11.3 Å². The second-order valence-electron chi connectivity index (χ2n) is 8.90. The maximum absolute atomic E-state index is 13.9. The maximum Gasteiger partial charge on any atom is 0.309 e. The lowest BCUT2D eigenvalue weighted by Gasteiger charge is -2.36. The van der Waals surface area contributed by atoms with Gasteiger partial charge >= 0.3 is 5.97 Å². The van der Waals surface area contributed by atoms with Gasteiger partial charge in [-0.3, -0.25) is 4.79 Å². The van der Waals surface area contributed by atoms with Crippen molar-refractivity contribution >= 4 is 34.6 Å². The Labute approximate surface area is 194 Å². The summed E-state index contributed by atoms with van der Waals surface area (Å²) in [6.07, 6.45) is 2.90. The van der Waals surface area contributed by atoms with Gasteiger partial charge in [0.2, 0.25) is 0 Å². The molecule has 2 heterocycles. The highest BCUT2D eigenvalue weighted by atomic mass is 35.5. The number of benzene rings is 1. The Kier molecular flexibility index (Phi) is 6.43. The zero-order chi connectivity index (χ0) is 23.8. The summed E-state index contributed by atoms with van der Waals surface area (Å²) in [5.41, 5.74) is 0.0492. The summed E-state index contributed by atoms with van der Waals surface area (Å²) in [5.74, 6) is -1.75. The van der Waals surface area contributed by atoms with Crippen LogP contribution in [0.2, 0.25) is 5.02 Å². The number of carboxylic acid groups (broad SMARTS) is 1. The molecule has 3 aromatic rings. The van der Waals surface area contributed by atoms with E-state index in [9.17, 15) is 18.7 Å². The van der Waals surface area contributed by atoms with Gasteiger partial charge in [0.05, 0.1) is 16.0 Å². The number of nitrogens with one attached hydrogen (secondary N) is 2. The monoisotopic (exact) mass is 478 g/mol. The summed E-state index contributed by atoms with van der Waals surface area (Å²) in [6, 6.07) is 5.59. The molecular formula is C23H25ClF2N4O3. The van der Waals surface area contributed by atoms with Gasteiger partial charge < -0.3 is 20.1 Å². The first-order valence-electron chi connectivity index (χ1n) is 10.8. The molecule has 0 unspecified atom stereocenters. The average Bonchev–Trinajstić information content (AvgIpc) is 3.14. The number of aromatic nitrogens is 3. The van der Waals surface area contributed by atoms with Crippen molar-refractivity contribution in [1.82, 2.24) is 15.0 Å². The van der Waals surface area contributed by atoms with Gasteiger partial charge in [-0.05, 0) is 63.6 Å². The smallest absolute Gasteiger partial charge is 0.309 e. The predicted octanol–water partition coefficient (Wildman–Crippen LogP) is 5.55. The molecule has 1 aliphatic carbocycles. The van der Waals surface area contributed by atoms with E-state index in [1.54, 1.807) is 19.9 Å². The third-order valence-electron chi connectivity index (χ3n) is 6.42. The van der Waals surface area contributed by atoms with Crippen molar-refractivity contribution in [3.63, 3.8) is 0 Å². The minimum Gasteiger partial charge on any atom is -0.481 e. The minimum atomic E-state index is -0.783. The quantitative estimate of drug-likeness (QED) is 0.411. The number of H-pyrrole nitrogens is 1. The average molecular weight is 479 g/mol. The van der Waals surface area contributed by atoms with Crippen LogP contribution >= 0.6 is 11.6 Å². The van der Waals surface area contributed by atoms with Crippen LogP contribution in [0.4, 0.5) is 14.6 Å². The van der Waals surface area contributed by atoms with E-state index in [4.69, 9.17) is 16.3 Å². The van der Waals surface area contributed by atoms with Crippen molar-refractivity contribution in [1.29, 1.82) is 0 Å². The molecule has 3 N–H and O–H groups in total. The summed E-state index contributed by atoms with van der Waals surface area (Å²) < 4.78 is 33.7. The molecule has 0 spiro atoms. The van der Waals surface area contributed by atoms with Crippen LogP contribution in [0.3, 0.4) is 0 Å². The van der Waals surface area contributed by atoms with Crippen LogP contribution in [-0.4, -0.2) is 32.1 Å². The van der Waals surface area contributed by atoms with Gasteiger partial charge in [-0.15, -0.1) is 0 Å². The van der Waals surface area contributed by atoms with Gasteiger partial charge in [0.1, 0.15) is 23.6 Å². The highest BCUT2D eigenvalue weighted by Crippen LogP contribution is 2.39. The van der Waals surface area contributed by atoms with E-state index in [0.29, 0.717) is 17.2 Å². The lowest BCUT2D eigenvalue weighted by atomic mass is 9.70. The molecular weight excluding hydrogens is 454 g/mol. The van der Waals surface area contributed by atoms with Gasteiger partial charge in [-0.25, -0.2) is 13.8 Å². The maximum atomic E-state index is 13.9. The van der Waals surface area contributed by atoms with E-state index in [-0.39, 0.29) is 35.0 Å². The lowest BCUT2D eigenvalue weighted by Crippen LogP contribution is -2.37. The van der Waals surface area contributed by atoms with Gasteiger partial charge in [-0.2, -0.15) is 4.98 Å². The molecule has 0 atom stereocenters. The van der Waals surface area contributed by atoms with E-state index < -0.39 is 23.0 Å². The van der Waals surface area contributed by atoms with E-state index >= 15 is 0 Å². The number of anilines is 1. The van der Waals surface area contributed by atoms with Crippen LogP contribution in [0.5, 0.6) is 6.01 Å². The Morgan fingerprint density at radius 1 is 1.24 bits per heavy atom. The van der Waals surface area contributed by atoms with Crippen molar-refractivity contribution in [2.75, 3.05) is 5.32 Å². The number of hydrogen-bond donors (Lipinski definition) is 3. The lowest BCUT2D eigenvalue weighted by molar-refractivity contribution is -0.151. The molecule has 0 aliphatic heterocycles. The van der Waals surface area contributed by atoms with Crippen LogP contribution in [0.25, 0.3) is 11.2 Å². The number of rotatable bonds is 7. The Bertz CT molecular complexity index is 1160. The van der Waals surface area contributed by atoms with Crippen LogP contribution in [0, 0.1) is 23.0 Å². The Morgan fingerprint density at radius 3 is 2.55 bits per heavy atom. The van der Waals surface area contributed by atoms with Crippen LogP contribution < -0.4 is 10.1 Å². The van der Waals surface area contributed by atoms with E-state index in [1.807, 2.05) is 0 Å². The molecule has 10 heteroatoms. The molecule has 33 heavy (non-hydrogen) atoms. The first-order valence-corrected chi connectivity index (χ1v) is 11.2. The Hall–Kier alpha value is -2.94. The first-order chi connectivity index (χ1) is 15.6. The second kappa shape index (κ2) is 9.13. The van der Waals surface area contributed by atoms with Gasteiger partial charge in [0.25, 0.3) is 6.01 Å². The summed E-state index contributed by atoms with van der Waals surface area (Å²) in [4.78, 5) is 23.3. The summed E-state index contributed by atoms with van der Waals surface area (Å²) in [6.45, 7) is 3.41. The molecule has 7 nitrogen and oxygen atoms in total. The van der Waals surface area contributed by atoms with E-state index in [0.717, 1.165) is 25.7 Å². The number of carboxylic acids is 1. The number of aromatic amines is 1. The van der Waals surface area contributed by atoms with Gasteiger partial charge in [0.15, 0.2) is 5.65 Å². The molecule has 1 aliphatic rings. The fraction of sp³-hybridized carbons (Fsp3) is 0.435. The third kappa shape index (κ3) is 4.88. The molecule has 2 aromatic heterocycles. The molecule has 0 saturated heterocycles. The number of imidazole rings is 1. The van der Waals surface area contributed by atoms with Gasteiger partial charge in [-0.1, -0.05) is 17.7 Å². The standard InChI is InChI=1S/C23H25ClF2N4O3/c1-23(2,21(31)32)12-6-8-13(9-7-12)33-22-28-18-10-15(24)19(29-20(18)30-22)27-11-14-16(25)4-3-5-17(14)26/h3-5,10,12-13H,6-9,11H2,1-2H3,(H,31,32)(H2,27,28,29,30)/t12-,13-. The van der Waals surface area contributed by atoms with Crippen LogP contribution in [0.15, 0.2) is 24.3 Å². The fourth-order valence-electron chi connectivity index (χ4n) is 4.18. The SMILES string of the molecule is CC(C)(C(=O)O)[C@H]1CC[C@H](Oc2nc3nc(NCc4c(F)cccc4F)c(Cl)cc3[nH]2)CC1. The zero-order valence-electron chi connectivity index (χ0n) is 18.3. The predicted molar refractivity (Wildman–Crippen MR) is 120 cm³/mol. The highest BCUT2D eigenvalue weighted by molar-refractivity contribution is 6.33. The molecule has 1 aromatic carbocycles. The fourth-order valence-corrected chi connectivity index (χ4v) is 4.40. The van der Waals surface area contributed by atoms with Crippen LogP contribution in [0.1, 0.15) is 45.1 Å². The van der Waals surface area contributed by atoms with Crippen LogP contribution in [-0.2, 0) is 11.3 Å².